The Morgan fingerprint density at radius 3 is 2.73 bits per heavy atom. The lowest BCUT2D eigenvalue weighted by atomic mass is 10.3. The zero-order chi connectivity index (χ0) is 11.3. The molecule has 0 saturated heterocycles. The number of halogens is 1. The molecule has 0 aliphatic heterocycles. The number of hydrogen-bond donors (Lipinski definition) is 1. The van der Waals surface area contributed by atoms with Gasteiger partial charge in [-0.2, -0.15) is 0 Å². The maximum Gasteiger partial charge on any atom is 0.144 e. The van der Waals surface area contributed by atoms with E-state index in [4.69, 9.17) is 4.74 Å². The molecule has 1 aromatic rings. The van der Waals surface area contributed by atoms with Crippen LogP contribution in [0.3, 0.4) is 0 Å². The Kier molecular flexibility index (Phi) is 4.98. The number of rotatable bonds is 5. The van der Waals surface area contributed by atoms with E-state index in [9.17, 15) is 0 Å². The summed E-state index contributed by atoms with van der Waals surface area (Å²) in [6.07, 6.45) is 0.739. The van der Waals surface area contributed by atoms with Crippen molar-refractivity contribution < 1.29 is 4.74 Å². The fourth-order valence-electron chi connectivity index (χ4n) is 1.21. The lowest BCUT2D eigenvalue weighted by molar-refractivity contribution is 0.200. The molecule has 0 aromatic carbocycles. The minimum Gasteiger partial charge on any atom is -0.384 e. The van der Waals surface area contributed by atoms with E-state index < -0.39 is 0 Å². The topological polar surface area (TPSA) is 47.0 Å². The van der Waals surface area contributed by atoms with Crippen LogP contribution < -0.4 is 5.32 Å². The minimum atomic E-state index is 0.645. The van der Waals surface area contributed by atoms with E-state index >= 15 is 0 Å². The van der Waals surface area contributed by atoms with Gasteiger partial charge in [-0.1, -0.05) is 0 Å². The molecular formula is C10H16BrN3O. The number of nitrogens with zero attached hydrogens (tertiary/aromatic N) is 2. The van der Waals surface area contributed by atoms with Gasteiger partial charge in [0.05, 0.1) is 16.8 Å². The van der Waals surface area contributed by atoms with Gasteiger partial charge in [0.2, 0.25) is 0 Å². The molecular weight excluding hydrogens is 258 g/mol. The van der Waals surface area contributed by atoms with Gasteiger partial charge in [0.25, 0.3) is 0 Å². The van der Waals surface area contributed by atoms with Crippen LogP contribution in [0.5, 0.6) is 0 Å². The van der Waals surface area contributed by atoms with Crippen LogP contribution in [0.1, 0.15) is 18.4 Å². The van der Waals surface area contributed by atoms with Gasteiger partial charge in [-0.3, -0.25) is 0 Å². The molecule has 1 N–H and O–H groups in total. The summed E-state index contributed by atoms with van der Waals surface area (Å²) < 4.78 is 5.94. The third-order valence-electron chi connectivity index (χ3n) is 1.94. The van der Waals surface area contributed by atoms with Crippen LogP contribution in [0.15, 0.2) is 4.47 Å². The highest BCUT2D eigenvalue weighted by atomic mass is 79.9. The van der Waals surface area contributed by atoms with E-state index in [1.165, 1.54) is 0 Å². The van der Waals surface area contributed by atoms with Crippen LogP contribution in [0.2, 0.25) is 0 Å². The standard InChI is InChI=1S/C10H16BrN3O/c1-4-12-10-9(11)7(2)13-8(14-10)5-6-15-3/h4-6H2,1-3H3,(H,12,13,14). The number of nitrogens with one attached hydrogen (secondary N) is 1. The van der Waals surface area contributed by atoms with Gasteiger partial charge in [-0.15, -0.1) is 0 Å². The molecule has 1 rings (SSSR count). The van der Waals surface area contributed by atoms with E-state index in [-0.39, 0.29) is 0 Å². The summed E-state index contributed by atoms with van der Waals surface area (Å²) >= 11 is 3.46. The predicted molar refractivity (Wildman–Crippen MR) is 64.2 cm³/mol. The summed E-state index contributed by atoms with van der Waals surface area (Å²) in [4.78, 5) is 8.79. The smallest absolute Gasteiger partial charge is 0.144 e. The van der Waals surface area contributed by atoms with Crippen molar-refractivity contribution in [2.75, 3.05) is 25.6 Å². The van der Waals surface area contributed by atoms with Crippen molar-refractivity contribution in [1.29, 1.82) is 0 Å². The van der Waals surface area contributed by atoms with Crippen molar-refractivity contribution in [2.24, 2.45) is 0 Å². The molecule has 0 bridgehead atoms. The van der Waals surface area contributed by atoms with Crippen LogP contribution in [0.4, 0.5) is 5.82 Å². The first kappa shape index (κ1) is 12.4. The molecule has 1 aromatic heterocycles. The molecule has 0 aliphatic rings. The maximum atomic E-state index is 5.00. The van der Waals surface area contributed by atoms with Gasteiger partial charge in [0.15, 0.2) is 0 Å². The van der Waals surface area contributed by atoms with Crippen LogP contribution >= 0.6 is 15.9 Å². The summed E-state index contributed by atoms with van der Waals surface area (Å²) in [6.45, 7) is 5.49. The highest BCUT2D eigenvalue weighted by molar-refractivity contribution is 9.10. The summed E-state index contributed by atoms with van der Waals surface area (Å²) in [7, 11) is 1.68. The monoisotopic (exact) mass is 273 g/mol. The molecule has 0 aliphatic carbocycles. The molecule has 15 heavy (non-hydrogen) atoms. The molecule has 84 valence electrons. The van der Waals surface area contributed by atoms with E-state index in [1.54, 1.807) is 7.11 Å². The van der Waals surface area contributed by atoms with Gasteiger partial charge in [0, 0.05) is 20.1 Å². The SMILES string of the molecule is CCNc1nc(CCOC)nc(C)c1Br. The van der Waals surface area contributed by atoms with Gasteiger partial charge in [-0.05, 0) is 29.8 Å². The third kappa shape index (κ3) is 3.43. The molecule has 4 nitrogen and oxygen atoms in total. The molecule has 0 amide bonds. The van der Waals surface area contributed by atoms with Gasteiger partial charge in [0.1, 0.15) is 11.6 Å². The Morgan fingerprint density at radius 2 is 2.13 bits per heavy atom. The highest BCUT2D eigenvalue weighted by Gasteiger charge is 2.08. The summed E-state index contributed by atoms with van der Waals surface area (Å²) in [5.41, 5.74) is 0.951. The Hall–Kier alpha value is -0.680. The van der Waals surface area contributed by atoms with E-state index in [0.29, 0.717) is 6.61 Å². The largest absolute Gasteiger partial charge is 0.384 e. The Labute approximate surface area is 98.6 Å². The number of aryl methyl sites for hydroxylation is 1. The third-order valence-corrected chi connectivity index (χ3v) is 2.89. The number of ether oxygens (including phenoxy) is 1. The van der Waals surface area contributed by atoms with Crippen molar-refractivity contribution in [3.05, 3.63) is 16.0 Å². The lowest BCUT2D eigenvalue weighted by Crippen LogP contribution is -2.08. The first-order valence-electron chi connectivity index (χ1n) is 4.94. The second kappa shape index (κ2) is 6.02. The average molecular weight is 274 g/mol. The van der Waals surface area contributed by atoms with Crippen LogP contribution in [0.25, 0.3) is 0 Å². The fraction of sp³-hybridized carbons (Fsp3) is 0.600. The van der Waals surface area contributed by atoms with Gasteiger partial charge >= 0.3 is 0 Å². The quantitative estimate of drug-likeness (QED) is 0.893. The number of aromatic nitrogens is 2. The second-order valence-electron chi connectivity index (χ2n) is 3.16. The van der Waals surface area contributed by atoms with Crippen LogP contribution in [-0.4, -0.2) is 30.2 Å². The van der Waals surface area contributed by atoms with Crippen LogP contribution in [0, 0.1) is 6.92 Å². The van der Waals surface area contributed by atoms with E-state index in [0.717, 1.165) is 34.8 Å². The first-order valence-corrected chi connectivity index (χ1v) is 5.74. The lowest BCUT2D eigenvalue weighted by Gasteiger charge is -2.09. The fourth-order valence-corrected chi connectivity index (χ4v) is 1.52. The van der Waals surface area contributed by atoms with Crippen molar-refractivity contribution in [1.82, 2.24) is 9.97 Å². The molecule has 0 fully saturated rings. The van der Waals surface area contributed by atoms with Gasteiger partial charge in [-0.25, -0.2) is 9.97 Å². The molecule has 5 heteroatoms. The molecule has 0 radical (unpaired) electrons. The Bertz CT molecular complexity index is 331. The van der Waals surface area contributed by atoms with Crippen molar-refractivity contribution in [2.45, 2.75) is 20.3 Å². The molecule has 0 saturated carbocycles. The number of anilines is 1. The number of methoxy groups -OCH3 is 1. The molecule has 1 heterocycles. The highest BCUT2D eigenvalue weighted by Crippen LogP contribution is 2.22. The maximum absolute atomic E-state index is 5.00. The first-order chi connectivity index (χ1) is 7.19. The van der Waals surface area contributed by atoms with Gasteiger partial charge < -0.3 is 10.1 Å². The predicted octanol–water partition coefficient (Wildman–Crippen LogP) is 2.17. The zero-order valence-electron chi connectivity index (χ0n) is 9.30. The van der Waals surface area contributed by atoms with Crippen LogP contribution in [-0.2, 0) is 11.2 Å². The zero-order valence-corrected chi connectivity index (χ0v) is 10.9. The van der Waals surface area contributed by atoms with Crippen molar-refractivity contribution in [3.8, 4) is 0 Å². The summed E-state index contributed by atoms with van der Waals surface area (Å²) in [5.74, 6) is 1.67. The number of hydrogen-bond acceptors (Lipinski definition) is 4. The molecule has 0 unspecified atom stereocenters. The molecule has 0 spiro atoms. The van der Waals surface area contributed by atoms with Crippen molar-refractivity contribution >= 4 is 21.7 Å². The normalized spacial score (nSPS) is 10.4. The average Bonchev–Trinajstić information content (AvgIpc) is 2.22. The Morgan fingerprint density at radius 1 is 1.40 bits per heavy atom. The Balaban J connectivity index is 2.90. The van der Waals surface area contributed by atoms with E-state index in [2.05, 4.69) is 31.2 Å². The van der Waals surface area contributed by atoms with Crippen molar-refractivity contribution in [3.63, 3.8) is 0 Å². The van der Waals surface area contributed by atoms with E-state index in [1.807, 2.05) is 13.8 Å². The summed E-state index contributed by atoms with van der Waals surface area (Å²) in [5, 5.41) is 3.19. The second-order valence-corrected chi connectivity index (χ2v) is 3.95. The summed E-state index contributed by atoms with van der Waals surface area (Å²) in [6, 6.07) is 0. The molecule has 0 atom stereocenters. The minimum absolute atomic E-state index is 0.645.